The highest BCUT2D eigenvalue weighted by Crippen LogP contribution is 2.31. The van der Waals surface area contributed by atoms with Crippen molar-refractivity contribution in [1.82, 2.24) is 5.32 Å². The van der Waals surface area contributed by atoms with Crippen LogP contribution in [0, 0.1) is 5.92 Å². The zero-order chi connectivity index (χ0) is 13.6. The number of ether oxygens (including phenoxy) is 1. The van der Waals surface area contributed by atoms with E-state index in [4.69, 9.17) is 10.5 Å². The van der Waals surface area contributed by atoms with E-state index in [0.717, 1.165) is 25.7 Å². The molecule has 1 aliphatic carbocycles. The minimum atomic E-state index is -0.424. The molecule has 104 valence electrons. The number of hydrogen-bond donors (Lipinski definition) is 2. The van der Waals surface area contributed by atoms with E-state index < -0.39 is 5.54 Å². The van der Waals surface area contributed by atoms with Gasteiger partial charge < -0.3 is 15.8 Å². The second-order valence-electron chi connectivity index (χ2n) is 5.15. The molecular formula is C13H24N2O3. The molecule has 0 heterocycles. The summed E-state index contributed by atoms with van der Waals surface area (Å²) in [6.07, 6.45) is 4.05. The van der Waals surface area contributed by atoms with E-state index in [1.807, 2.05) is 6.92 Å². The van der Waals surface area contributed by atoms with Crippen LogP contribution in [0.1, 0.15) is 46.0 Å². The lowest BCUT2D eigenvalue weighted by Gasteiger charge is -2.37. The number of esters is 1. The summed E-state index contributed by atoms with van der Waals surface area (Å²) >= 11 is 0. The molecule has 18 heavy (non-hydrogen) atoms. The number of carbonyl (C=O) groups is 2. The number of hydrogen-bond acceptors (Lipinski definition) is 4. The van der Waals surface area contributed by atoms with Crippen molar-refractivity contribution in [2.45, 2.75) is 51.5 Å². The van der Waals surface area contributed by atoms with Gasteiger partial charge in [0.25, 0.3) is 0 Å². The highest BCUT2D eigenvalue weighted by Gasteiger charge is 2.37. The summed E-state index contributed by atoms with van der Waals surface area (Å²) in [5.41, 5.74) is 5.73. The number of carbonyl (C=O) groups excluding carboxylic acids is 2. The Kier molecular flexibility index (Phi) is 5.59. The number of amides is 1. The van der Waals surface area contributed by atoms with Crippen molar-refractivity contribution in [3.05, 3.63) is 0 Å². The fraction of sp³-hybridized carbons (Fsp3) is 0.846. The molecule has 1 amide bonds. The van der Waals surface area contributed by atoms with Crippen LogP contribution in [0.15, 0.2) is 0 Å². The highest BCUT2D eigenvalue weighted by atomic mass is 16.5. The quantitative estimate of drug-likeness (QED) is 0.718. The van der Waals surface area contributed by atoms with Crippen LogP contribution in [0.4, 0.5) is 0 Å². The highest BCUT2D eigenvalue weighted by molar-refractivity contribution is 5.80. The summed E-state index contributed by atoms with van der Waals surface area (Å²) in [6, 6.07) is 0. The minimum absolute atomic E-state index is 0.0380. The first kappa shape index (κ1) is 15.0. The molecule has 0 radical (unpaired) electrons. The van der Waals surface area contributed by atoms with Crippen molar-refractivity contribution in [2.24, 2.45) is 11.7 Å². The van der Waals surface area contributed by atoms with E-state index in [-0.39, 0.29) is 24.2 Å². The first-order valence-corrected chi connectivity index (χ1v) is 6.69. The molecule has 5 nitrogen and oxygen atoms in total. The predicted octanol–water partition coefficient (Wildman–Crippen LogP) is 0.963. The Morgan fingerprint density at radius 2 is 2.17 bits per heavy atom. The summed E-state index contributed by atoms with van der Waals surface area (Å²) in [4.78, 5) is 23.1. The first-order valence-electron chi connectivity index (χ1n) is 6.69. The molecule has 0 bridgehead atoms. The Hall–Kier alpha value is -1.10. The normalized spacial score (nSPS) is 27.6. The summed E-state index contributed by atoms with van der Waals surface area (Å²) in [5, 5.41) is 2.78. The monoisotopic (exact) mass is 256 g/mol. The Labute approximate surface area is 108 Å². The first-order chi connectivity index (χ1) is 8.47. The molecule has 5 heteroatoms. The molecule has 0 spiro atoms. The molecular weight excluding hydrogens is 232 g/mol. The molecule has 2 atom stereocenters. The van der Waals surface area contributed by atoms with Crippen LogP contribution in [0.5, 0.6) is 0 Å². The van der Waals surface area contributed by atoms with E-state index in [9.17, 15) is 9.59 Å². The zero-order valence-electron chi connectivity index (χ0n) is 11.3. The third-order valence-corrected chi connectivity index (χ3v) is 3.50. The average molecular weight is 256 g/mol. The average Bonchev–Trinajstić information content (AvgIpc) is 2.28. The maximum absolute atomic E-state index is 12.0. The van der Waals surface area contributed by atoms with Crippen molar-refractivity contribution in [2.75, 3.05) is 13.2 Å². The van der Waals surface area contributed by atoms with Crippen molar-refractivity contribution < 1.29 is 14.3 Å². The fourth-order valence-electron chi connectivity index (χ4n) is 2.43. The van der Waals surface area contributed by atoms with Gasteiger partial charge in [0, 0.05) is 12.1 Å². The minimum Gasteiger partial charge on any atom is -0.466 e. The van der Waals surface area contributed by atoms with E-state index in [2.05, 4.69) is 5.32 Å². The summed E-state index contributed by atoms with van der Waals surface area (Å²) in [5.74, 6) is -0.464. The van der Waals surface area contributed by atoms with Gasteiger partial charge >= 0.3 is 5.97 Å². The smallest absolute Gasteiger partial charge is 0.307 e. The van der Waals surface area contributed by atoms with Crippen LogP contribution in [-0.4, -0.2) is 30.6 Å². The summed E-state index contributed by atoms with van der Waals surface area (Å²) in [6.45, 7) is 4.39. The van der Waals surface area contributed by atoms with Crippen LogP contribution < -0.4 is 11.1 Å². The van der Waals surface area contributed by atoms with Crippen LogP contribution in [0.2, 0.25) is 0 Å². The van der Waals surface area contributed by atoms with Crippen molar-refractivity contribution >= 4 is 11.9 Å². The van der Waals surface area contributed by atoms with Gasteiger partial charge in [-0.3, -0.25) is 9.59 Å². The van der Waals surface area contributed by atoms with Crippen LogP contribution in [-0.2, 0) is 14.3 Å². The van der Waals surface area contributed by atoms with Gasteiger partial charge in [-0.25, -0.2) is 0 Å². The lowest BCUT2D eigenvalue weighted by Crippen LogP contribution is -2.53. The molecule has 1 saturated carbocycles. The maximum atomic E-state index is 12.0. The van der Waals surface area contributed by atoms with Gasteiger partial charge in [0.1, 0.15) is 0 Å². The molecule has 0 saturated heterocycles. The van der Waals surface area contributed by atoms with Gasteiger partial charge in [-0.1, -0.05) is 12.8 Å². The van der Waals surface area contributed by atoms with Gasteiger partial charge in [-0.2, -0.15) is 0 Å². The SMILES string of the molecule is CCOC(=O)CCNC(=O)C1CCCCC1(C)N. The molecule has 1 fully saturated rings. The van der Waals surface area contributed by atoms with Crippen LogP contribution in [0.3, 0.4) is 0 Å². The van der Waals surface area contributed by atoms with Crippen molar-refractivity contribution in [1.29, 1.82) is 0 Å². The van der Waals surface area contributed by atoms with Crippen molar-refractivity contribution in [3.63, 3.8) is 0 Å². The number of nitrogens with one attached hydrogen (secondary N) is 1. The number of nitrogens with two attached hydrogens (primary N) is 1. The third-order valence-electron chi connectivity index (χ3n) is 3.50. The van der Waals surface area contributed by atoms with E-state index in [1.54, 1.807) is 6.92 Å². The van der Waals surface area contributed by atoms with Crippen molar-refractivity contribution in [3.8, 4) is 0 Å². The molecule has 0 aromatic carbocycles. The Morgan fingerprint density at radius 3 is 2.78 bits per heavy atom. The molecule has 0 aromatic heterocycles. The Bertz CT molecular complexity index is 303. The van der Waals surface area contributed by atoms with Gasteiger partial charge in [-0.05, 0) is 26.7 Å². The lowest BCUT2D eigenvalue weighted by atomic mass is 9.74. The Morgan fingerprint density at radius 1 is 1.44 bits per heavy atom. The zero-order valence-corrected chi connectivity index (χ0v) is 11.3. The molecule has 0 aromatic rings. The second kappa shape index (κ2) is 6.73. The topological polar surface area (TPSA) is 81.4 Å². The molecule has 1 aliphatic rings. The van der Waals surface area contributed by atoms with Gasteiger partial charge in [0.2, 0.25) is 5.91 Å². The molecule has 3 N–H and O–H groups in total. The van der Waals surface area contributed by atoms with Gasteiger partial charge in [0.05, 0.1) is 18.9 Å². The van der Waals surface area contributed by atoms with E-state index in [1.165, 1.54) is 0 Å². The second-order valence-corrected chi connectivity index (χ2v) is 5.15. The van der Waals surface area contributed by atoms with Crippen LogP contribution in [0.25, 0.3) is 0 Å². The van der Waals surface area contributed by atoms with Gasteiger partial charge in [-0.15, -0.1) is 0 Å². The lowest BCUT2D eigenvalue weighted by molar-refractivity contribution is -0.143. The largest absolute Gasteiger partial charge is 0.466 e. The summed E-state index contributed by atoms with van der Waals surface area (Å²) < 4.78 is 4.80. The maximum Gasteiger partial charge on any atom is 0.307 e. The fourth-order valence-corrected chi connectivity index (χ4v) is 2.43. The predicted molar refractivity (Wildman–Crippen MR) is 68.8 cm³/mol. The van der Waals surface area contributed by atoms with E-state index >= 15 is 0 Å². The number of rotatable bonds is 5. The standard InChI is InChI=1S/C13H24N2O3/c1-3-18-11(16)7-9-15-12(17)10-6-4-5-8-13(10,2)14/h10H,3-9,14H2,1-2H3,(H,15,17). The molecule has 0 aliphatic heterocycles. The molecule has 1 rings (SSSR count). The Balaban J connectivity index is 2.34. The van der Waals surface area contributed by atoms with Crippen LogP contribution >= 0.6 is 0 Å². The molecule has 2 unspecified atom stereocenters. The summed E-state index contributed by atoms with van der Waals surface area (Å²) in [7, 11) is 0. The van der Waals surface area contributed by atoms with E-state index in [0.29, 0.717) is 13.2 Å². The van der Waals surface area contributed by atoms with Gasteiger partial charge in [0.15, 0.2) is 0 Å². The third kappa shape index (κ3) is 4.29.